The molecular formula is C24H34ClF. The van der Waals surface area contributed by atoms with Crippen LogP contribution in [0.3, 0.4) is 0 Å². The van der Waals surface area contributed by atoms with Crippen LogP contribution in [0, 0.1) is 23.6 Å². The molecule has 0 amide bonds. The number of hydrogen-bond acceptors (Lipinski definition) is 0. The second kappa shape index (κ2) is 9.40. The zero-order chi connectivity index (χ0) is 18.5. The maximum atomic E-state index is 14.5. The third-order valence-electron chi connectivity index (χ3n) is 6.73. The van der Waals surface area contributed by atoms with Crippen LogP contribution in [-0.4, -0.2) is 0 Å². The van der Waals surface area contributed by atoms with E-state index < -0.39 is 0 Å². The minimum atomic E-state index is -0.205. The summed E-state index contributed by atoms with van der Waals surface area (Å²) in [6, 6.07) is 3.97. The summed E-state index contributed by atoms with van der Waals surface area (Å²) >= 11 is 6.38. The van der Waals surface area contributed by atoms with Crippen molar-refractivity contribution in [2.75, 3.05) is 0 Å². The summed E-state index contributed by atoms with van der Waals surface area (Å²) in [7, 11) is 0. The molecule has 0 heterocycles. The molecule has 0 saturated heterocycles. The molecule has 0 aromatic heterocycles. The van der Waals surface area contributed by atoms with Crippen LogP contribution in [0.2, 0.25) is 5.02 Å². The predicted molar refractivity (Wildman–Crippen MR) is 111 cm³/mol. The first-order chi connectivity index (χ1) is 12.6. The molecule has 0 spiro atoms. The molecule has 26 heavy (non-hydrogen) atoms. The number of aryl methyl sites for hydroxylation is 1. The Labute approximate surface area is 164 Å². The minimum absolute atomic E-state index is 0.205. The molecule has 0 bridgehead atoms. The van der Waals surface area contributed by atoms with Crippen molar-refractivity contribution in [3.8, 4) is 0 Å². The first-order valence-corrected chi connectivity index (χ1v) is 11.2. The lowest BCUT2D eigenvalue weighted by Gasteiger charge is -2.35. The smallest absolute Gasteiger partial charge is 0.145 e. The molecule has 1 aromatic carbocycles. The molecule has 2 aliphatic carbocycles. The highest BCUT2D eigenvalue weighted by molar-refractivity contribution is 6.32. The zero-order valence-corrected chi connectivity index (χ0v) is 17.3. The van der Waals surface area contributed by atoms with Gasteiger partial charge in [0.1, 0.15) is 5.82 Å². The Morgan fingerprint density at radius 1 is 1.00 bits per heavy atom. The van der Waals surface area contributed by atoms with Crippen LogP contribution < -0.4 is 0 Å². The van der Waals surface area contributed by atoms with E-state index in [0.717, 1.165) is 54.6 Å². The van der Waals surface area contributed by atoms with Crippen molar-refractivity contribution in [1.29, 1.82) is 0 Å². The maximum Gasteiger partial charge on any atom is 0.145 e. The van der Waals surface area contributed by atoms with Crippen LogP contribution in [0.5, 0.6) is 0 Å². The molecule has 1 aromatic rings. The Morgan fingerprint density at radius 2 is 1.77 bits per heavy atom. The van der Waals surface area contributed by atoms with Crippen molar-refractivity contribution in [2.45, 2.75) is 84.5 Å². The minimum Gasteiger partial charge on any atom is -0.205 e. The Balaban J connectivity index is 1.62. The van der Waals surface area contributed by atoms with E-state index >= 15 is 0 Å². The van der Waals surface area contributed by atoms with E-state index in [9.17, 15) is 4.39 Å². The van der Waals surface area contributed by atoms with Gasteiger partial charge in [-0.2, -0.15) is 0 Å². The number of hydrogen-bond donors (Lipinski definition) is 0. The standard InChI is InChI=1S/C24H34ClF/c1-3-5-17-7-9-18(10-8-17)19-11-13-20(14-12-19)22-16-15-21(6-4-2)24(26)23(22)25/h13,15-19H,3-12,14H2,1-2H3. The quantitative estimate of drug-likeness (QED) is 0.469. The number of rotatable bonds is 6. The van der Waals surface area contributed by atoms with Crippen LogP contribution >= 0.6 is 11.6 Å². The first-order valence-electron chi connectivity index (χ1n) is 10.8. The van der Waals surface area contributed by atoms with E-state index in [1.807, 2.05) is 12.1 Å². The lowest BCUT2D eigenvalue weighted by molar-refractivity contribution is 0.189. The summed E-state index contributed by atoms with van der Waals surface area (Å²) < 4.78 is 14.5. The molecule has 1 fully saturated rings. The average Bonchev–Trinajstić information content (AvgIpc) is 2.67. The Hall–Kier alpha value is -0.820. The van der Waals surface area contributed by atoms with Gasteiger partial charge in [-0.1, -0.05) is 75.8 Å². The first kappa shape index (κ1) is 19.9. The molecule has 0 aliphatic heterocycles. The fourth-order valence-electron chi connectivity index (χ4n) is 5.18. The summed E-state index contributed by atoms with van der Waals surface area (Å²) in [6.07, 6.45) is 15.9. The number of allylic oxidation sites excluding steroid dienone is 2. The van der Waals surface area contributed by atoms with Crippen molar-refractivity contribution >= 4 is 17.2 Å². The van der Waals surface area contributed by atoms with Crippen LogP contribution in [0.1, 0.15) is 89.2 Å². The Morgan fingerprint density at radius 3 is 2.38 bits per heavy atom. The zero-order valence-electron chi connectivity index (χ0n) is 16.5. The number of halogens is 2. The molecule has 3 rings (SSSR count). The SMILES string of the molecule is CCCc1ccc(C2=CCC(C3CCC(CCC)CC3)CC2)c(Cl)c1F. The lowest BCUT2D eigenvalue weighted by Crippen LogP contribution is -2.23. The molecule has 1 unspecified atom stereocenters. The molecule has 0 nitrogen and oxygen atoms in total. The van der Waals surface area contributed by atoms with Crippen molar-refractivity contribution < 1.29 is 4.39 Å². The summed E-state index contributed by atoms with van der Waals surface area (Å²) in [4.78, 5) is 0. The molecule has 2 aliphatic rings. The van der Waals surface area contributed by atoms with E-state index in [1.54, 1.807) is 0 Å². The van der Waals surface area contributed by atoms with Gasteiger partial charge in [-0.3, -0.25) is 0 Å². The normalized spacial score (nSPS) is 26.6. The van der Waals surface area contributed by atoms with Crippen molar-refractivity contribution in [3.05, 3.63) is 40.2 Å². The van der Waals surface area contributed by atoms with E-state index in [-0.39, 0.29) is 5.82 Å². The monoisotopic (exact) mass is 376 g/mol. The molecule has 0 N–H and O–H groups in total. The third kappa shape index (κ3) is 4.53. The highest BCUT2D eigenvalue weighted by Gasteiger charge is 2.29. The van der Waals surface area contributed by atoms with E-state index in [4.69, 9.17) is 11.6 Å². The fraction of sp³-hybridized carbons (Fsp3) is 0.667. The molecule has 0 radical (unpaired) electrons. The number of benzene rings is 1. The predicted octanol–water partition coefficient (Wildman–Crippen LogP) is 8.22. The van der Waals surface area contributed by atoms with Gasteiger partial charge in [0, 0.05) is 0 Å². The van der Waals surface area contributed by atoms with Gasteiger partial charge in [-0.15, -0.1) is 0 Å². The van der Waals surface area contributed by atoms with Crippen molar-refractivity contribution in [1.82, 2.24) is 0 Å². The van der Waals surface area contributed by atoms with Crippen molar-refractivity contribution in [3.63, 3.8) is 0 Å². The molecule has 144 valence electrons. The van der Waals surface area contributed by atoms with Gasteiger partial charge in [-0.05, 0) is 73.0 Å². The summed E-state index contributed by atoms with van der Waals surface area (Å²) in [5.74, 6) is 2.50. The van der Waals surface area contributed by atoms with Crippen LogP contribution in [0.15, 0.2) is 18.2 Å². The van der Waals surface area contributed by atoms with E-state index in [2.05, 4.69) is 19.9 Å². The Bertz CT molecular complexity index is 625. The average molecular weight is 377 g/mol. The maximum absolute atomic E-state index is 14.5. The van der Waals surface area contributed by atoms with Crippen LogP contribution in [0.25, 0.3) is 5.57 Å². The second-order valence-electron chi connectivity index (χ2n) is 8.48. The van der Waals surface area contributed by atoms with Crippen molar-refractivity contribution in [2.24, 2.45) is 17.8 Å². The third-order valence-corrected chi connectivity index (χ3v) is 7.10. The van der Waals surface area contributed by atoms with Gasteiger partial charge in [0.15, 0.2) is 0 Å². The fourth-order valence-corrected chi connectivity index (χ4v) is 5.49. The molecular weight excluding hydrogens is 343 g/mol. The van der Waals surface area contributed by atoms with Gasteiger partial charge in [-0.25, -0.2) is 4.39 Å². The molecule has 1 atom stereocenters. The van der Waals surface area contributed by atoms with Crippen LogP contribution in [0.4, 0.5) is 4.39 Å². The van der Waals surface area contributed by atoms with Gasteiger partial charge in [0.25, 0.3) is 0 Å². The van der Waals surface area contributed by atoms with Gasteiger partial charge >= 0.3 is 0 Å². The second-order valence-corrected chi connectivity index (χ2v) is 8.86. The largest absolute Gasteiger partial charge is 0.205 e. The van der Waals surface area contributed by atoms with Gasteiger partial charge in [0.2, 0.25) is 0 Å². The van der Waals surface area contributed by atoms with E-state index in [1.165, 1.54) is 50.5 Å². The van der Waals surface area contributed by atoms with Gasteiger partial charge in [0.05, 0.1) is 5.02 Å². The van der Waals surface area contributed by atoms with E-state index in [0.29, 0.717) is 5.02 Å². The highest BCUT2D eigenvalue weighted by Crippen LogP contribution is 2.43. The summed E-state index contributed by atoms with van der Waals surface area (Å²) in [5, 5.41) is 0.334. The topological polar surface area (TPSA) is 0 Å². The summed E-state index contributed by atoms with van der Waals surface area (Å²) in [5.41, 5.74) is 2.93. The summed E-state index contributed by atoms with van der Waals surface area (Å²) in [6.45, 7) is 4.38. The highest BCUT2D eigenvalue weighted by atomic mass is 35.5. The molecule has 2 heteroatoms. The Kier molecular flexibility index (Phi) is 7.20. The van der Waals surface area contributed by atoms with Crippen LogP contribution in [-0.2, 0) is 6.42 Å². The van der Waals surface area contributed by atoms with Gasteiger partial charge < -0.3 is 0 Å². The molecule has 1 saturated carbocycles. The lowest BCUT2D eigenvalue weighted by atomic mass is 9.70.